The van der Waals surface area contributed by atoms with Crippen LogP contribution in [-0.2, 0) is 24.8 Å². The Balaban J connectivity index is 1.85. The lowest BCUT2D eigenvalue weighted by molar-refractivity contribution is -0.120. The molecule has 0 atom stereocenters. The first-order chi connectivity index (χ1) is 8.63. The van der Waals surface area contributed by atoms with Crippen LogP contribution < -0.4 is 11.1 Å². The molecule has 0 aliphatic carbocycles. The van der Waals surface area contributed by atoms with Gasteiger partial charge in [0.2, 0.25) is 5.91 Å². The van der Waals surface area contributed by atoms with Crippen molar-refractivity contribution in [3.8, 4) is 0 Å². The average molecular weight is 244 g/mol. The lowest BCUT2D eigenvalue weighted by atomic mass is 10.1. The topological polar surface area (TPSA) is 72.9 Å². The first-order valence-corrected chi connectivity index (χ1v) is 5.73. The van der Waals surface area contributed by atoms with Crippen molar-refractivity contribution in [1.82, 2.24) is 15.1 Å². The quantitative estimate of drug-likeness (QED) is 0.783. The maximum atomic E-state index is 11.7. The number of amides is 1. The molecule has 5 heteroatoms. The molecule has 0 saturated heterocycles. The van der Waals surface area contributed by atoms with Gasteiger partial charge in [-0.25, -0.2) is 0 Å². The van der Waals surface area contributed by atoms with Crippen molar-refractivity contribution < 1.29 is 4.79 Å². The zero-order valence-electron chi connectivity index (χ0n) is 10.3. The fourth-order valence-corrected chi connectivity index (χ4v) is 1.70. The summed E-state index contributed by atoms with van der Waals surface area (Å²) in [5, 5.41) is 7.01. The Bertz CT molecular complexity index is 547. The fourth-order valence-electron chi connectivity index (χ4n) is 1.70. The van der Waals surface area contributed by atoms with Crippen LogP contribution in [0.5, 0.6) is 0 Å². The average Bonchev–Trinajstić information content (AvgIpc) is 2.73. The largest absolute Gasteiger partial charge is 0.399 e. The van der Waals surface area contributed by atoms with Crippen LogP contribution in [0.3, 0.4) is 0 Å². The molecular weight excluding hydrogens is 228 g/mol. The lowest BCUT2D eigenvalue weighted by Crippen LogP contribution is -2.24. The van der Waals surface area contributed by atoms with E-state index in [1.54, 1.807) is 16.8 Å². The highest BCUT2D eigenvalue weighted by molar-refractivity contribution is 5.78. The van der Waals surface area contributed by atoms with Crippen molar-refractivity contribution in [2.45, 2.75) is 13.0 Å². The number of aromatic nitrogens is 2. The van der Waals surface area contributed by atoms with Crippen molar-refractivity contribution in [3.63, 3.8) is 0 Å². The van der Waals surface area contributed by atoms with Gasteiger partial charge >= 0.3 is 0 Å². The van der Waals surface area contributed by atoms with Gasteiger partial charge in [0.1, 0.15) is 0 Å². The van der Waals surface area contributed by atoms with Crippen LogP contribution >= 0.6 is 0 Å². The smallest absolute Gasteiger partial charge is 0.224 e. The predicted octanol–water partition coefficient (Wildman–Crippen LogP) is 0.861. The van der Waals surface area contributed by atoms with Crippen LogP contribution in [0.2, 0.25) is 0 Å². The van der Waals surface area contributed by atoms with E-state index in [2.05, 4.69) is 10.4 Å². The number of nitrogens with two attached hydrogens (primary N) is 1. The molecule has 0 spiro atoms. The van der Waals surface area contributed by atoms with Crippen LogP contribution in [0.25, 0.3) is 0 Å². The van der Waals surface area contributed by atoms with E-state index in [0.29, 0.717) is 18.7 Å². The minimum Gasteiger partial charge on any atom is -0.399 e. The molecule has 5 nitrogen and oxygen atoms in total. The summed E-state index contributed by atoms with van der Waals surface area (Å²) in [7, 11) is 1.85. The molecule has 0 aliphatic heterocycles. The van der Waals surface area contributed by atoms with E-state index in [-0.39, 0.29) is 5.91 Å². The van der Waals surface area contributed by atoms with Crippen LogP contribution in [0, 0.1) is 0 Å². The Hall–Kier alpha value is -2.30. The molecule has 0 bridgehead atoms. The second-order valence-electron chi connectivity index (χ2n) is 4.18. The maximum Gasteiger partial charge on any atom is 0.224 e. The third-order valence-electron chi connectivity index (χ3n) is 2.55. The van der Waals surface area contributed by atoms with E-state index in [1.807, 2.05) is 31.4 Å². The van der Waals surface area contributed by atoms with E-state index in [4.69, 9.17) is 5.73 Å². The third kappa shape index (κ3) is 3.35. The number of anilines is 1. The molecule has 0 aliphatic rings. The molecular formula is C13H16N4O. The van der Waals surface area contributed by atoms with Gasteiger partial charge in [-0.3, -0.25) is 9.48 Å². The van der Waals surface area contributed by atoms with Crippen molar-refractivity contribution in [3.05, 3.63) is 47.8 Å². The number of nitrogens with zero attached hydrogens (tertiary/aromatic N) is 2. The van der Waals surface area contributed by atoms with Crippen LogP contribution in [0.4, 0.5) is 5.69 Å². The minimum absolute atomic E-state index is 0.0359. The number of rotatable bonds is 4. The van der Waals surface area contributed by atoms with Gasteiger partial charge < -0.3 is 11.1 Å². The summed E-state index contributed by atoms with van der Waals surface area (Å²) in [6, 6.07) is 9.21. The van der Waals surface area contributed by atoms with Crippen molar-refractivity contribution in [2.24, 2.45) is 7.05 Å². The van der Waals surface area contributed by atoms with Gasteiger partial charge in [-0.05, 0) is 23.8 Å². The molecule has 2 aromatic rings. The molecule has 1 aromatic carbocycles. The minimum atomic E-state index is -0.0359. The van der Waals surface area contributed by atoms with E-state index in [9.17, 15) is 4.79 Å². The molecule has 1 heterocycles. The summed E-state index contributed by atoms with van der Waals surface area (Å²) in [4.78, 5) is 11.7. The molecule has 2 rings (SSSR count). The summed E-state index contributed by atoms with van der Waals surface area (Å²) in [6.45, 7) is 0.446. The summed E-state index contributed by atoms with van der Waals surface area (Å²) in [5.74, 6) is -0.0359. The van der Waals surface area contributed by atoms with Crippen LogP contribution in [0.15, 0.2) is 36.5 Å². The SMILES string of the molecule is Cn1ccc(CNC(=O)Cc2cccc(N)c2)n1. The summed E-state index contributed by atoms with van der Waals surface area (Å²) in [5.41, 5.74) is 8.09. The molecule has 0 saturated carbocycles. The molecule has 0 radical (unpaired) electrons. The normalized spacial score (nSPS) is 10.3. The molecule has 18 heavy (non-hydrogen) atoms. The Kier molecular flexibility index (Phi) is 3.62. The molecule has 0 unspecified atom stereocenters. The predicted molar refractivity (Wildman–Crippen MR) is 69.6 cm³/mol. The summed E-state index contributed by atoms with van der Waals surface area (Å²) < 4.78 is 1.71. The van der Waals surface area contributed by atoms with Crippen molar-refractivity contribution in [2.75, 3.05) is 5.73 Å². The Morgan fingerprint density at radius 2 is 2.28 bits per heavy atom. The summed E-state index contributed by atoms with van der Waals surface area (Å²) in [6.07, 6.45) is 2.18. The monoisotopic (exact) mass is 244 g/mol. The van der Waals surface area contributed by atoms with Crippen molar-refractivity contribution >= 4 is 11.6 Å². The highest BCUT2D eigenvalue weighted by Gasteiger charge is 2.04. The Labute approximate surface area is 106 Å². The second-order valence-corrected chi connectivity index (χ2v) is 4.18. The number of nitrogen functional groups attached to an aromatic ring is 1. The Morgan fingerprint density at radius 3 is 2.94 bits per heavy atom. The van der Waals surface area contributed by atoms with E-state index < -0.39 is 0 Å². The van der Waals surface area contributed by atoms with Gasteiger partial charge in [0.05, 0.1) is 18.7 Å². The molecule has 1 aromatic heterocycles. The standard InChI is InChI=1S/C13H16N4O/c1-17-6-5-12(16-17)9-15-13(18)8-10-3-2-4-11(14)7-10/h2-7H,8-9,14H2,1H3,(H,15,18). The number of nitrogens with one attached hydrogen (secondary N) is 1. The molecule has 0 fully saturated rings. The zero-order valence-corrected chi connectivity index (χ0v) is 10.3. The highest BCUT2D eigenvalue weighted by Crippen LogP contribution is 2.07. The number of carbonyl (C=O) groups is 1. The van der Waals surface area contributed by atoms with Crippen LogP contribution in [-0.4, -0.2) is 15.7 Å². The number of carbonyl (C=O) groups excluding carboxylic acids is 1. The fraction of sp³-hybridized carbons (Fsp3) is 0.231. The van der Waals surface area contributed by atoms with Gasteiger partial charge in [-0.1, -0.05) is 12.1 Å². The molecule has 94 valence electrons. The van der Waals surface area contributed by atoms with Gasteiger partial charge in [0.15, 0.2) is 0 Å². The van der Waals surface area contributed by atoms with E-state index >= 15 is 0 Å². The first kappa shape index (κ1) is 12.2. The number of hydrogen-bond donors (Lipinski definition) is 2. The van der Waals surface area contributed by atoms with Crippen molar-refractivity contribution in [1.29, 1.82) is 0 Å². The third-order valence-corrected chi connectivity index (χ3v) is 2.55. The van der Waals surface area contributed by atoms with Gasteiger partial charge in [0.25, 0.3) is 0 Å². The second kappa shape index (κ2) is 5.35. The highest BCUT2D eigenvalue weighted by atomic mass is 16.1. The molecule has 3 N–H and O–H groups in total. The van der Waals surface area contributed by atoms with E-state index in [1.165, 1.54) is 0 Å². The number of benzene rings is 1. The lowest BCUT2D eigenvalue weighted by Gasteiger charge is -2.04. The van der Waals surface area contributed by atoms with Crippen LogP contribution in [0.1, 0.15) is 11.3 Å². The number of aryl methyl sites for hydroxylation is 1. The maximum absolute atomic E-state index is 11.7. The van der Waals surface area contributed by atoms with E-state index in [0.717, 1.165) is 11.3 Å². The first-order valence-electron chi connectivity index (χ1n) is 5.73. The van der Waals surface area contributed by atoms with Gasteiger partial charge in [0, 0.05) is 18.9 Å². The summed E-state index contributed by atoms with van der Waals surface area (Å²) >= 11 is 0. The molecule has 1 amide bonds. The zero-order chi connectivity index (χ0) is 13.0. The van der Waals surface area contributed by atoms with Gasteiger partial charge in [-0.2, -0.15) is 5.10 Å². The van der Waals surface area contributed by atoms with Gasteiger partial charge in [-0.15, -0.1) is 0 Å². The Morgan fingerprint density at radius 1 is 1.44 bits per heavy atom. The number of hydrogen-bond acceptors (Lipinski definition) is 3.